The van der Waals surface area contributed by atoms with E-state index in [1.54, 1.807) is 6.08 Å². The Morgan fingerprint density at radius 1 is 1.77 bits per heavy atom. The highest BCUT2D eigenvalue weighted by Crippen LogP contribution is 2.20. The minimum Gasteiger partial charge on any atom is -0.352 e. The van der Waals surface area contributed by atoms with Crippen LogP contribution in [0.4, 0.5) is 0 Å². The maximum absolute atomic E-state index is 11.4. The maximum atomic E-state index is 11.4. The lowest BCUT2D eigenvalue weighted by Crippen LogP contribution is -2.23. The summed E-state index contributed by atoms with van der Waals surface area (Å²) < 4.78 is 0.973. The predicted octanol–water partition coefficient (Wildman–Crippen LogP) is 2.82. The third kappa shape index (κ3) is 3.32. The topological polar surface area (TPSA) is 29.1 Å². The molecule has 1 rings (SSSR count). The third-order valence-corrected chi connectivity index (χ3v) is 2.97. The quantitative estimate of drug-likeness (QED) is 0.654. The first-order chi connectivity index (χ1) is 6.24. The summed E-state index contributed by atoms with van der Waals surface area (Å²) in [5, 5.41) is 4.62. The van der Waals surface area contributed by atoms with Gasteiger partial charge in [0, 0.05) is 11.9 Å². The SMILES string of the molecule is C=CCCNC(=O)c1csc(Br)c1. The Hall–Kier alpha value is -0.610. The van der Waals surface area contributed by atoms with Crippen LogP contribution in [0.3, 0.4) is 0 Å². The van der Waals surface area contributed by atoms with Crippen LogP contribution in [0.15, 0.2) is 27.9 Å². The summed E-state index contributed by atoms with van der Waals surface area (Å²) in [7, 11) is 0. The van der Waals surface area contributed by atoms with Crippen LogP contribution in [0.1, 0.15) is 16.8 Å². The van der Waals surface area contributed by atoms with Gasteiger partial charge in [0.15, 0.2) is 0 Å². The average Bonchev–Trinajstić information content (AvgIpc) is 2.52. The van der Waals surface area contributed by atoms with E-state index in [-0.39, 0.29) is 5.91 Å². The maximum Gasteiger partial charge on any atom is 0.252 e. The fourth-order valence-electron chi connectivity index (χ4n) is 0.819. The van der Waals surface area contributed by atoms with Crippen molar-refractivity contribution < 1.29 is 4.79 Å². The Kier molecular flexibility index (Phi) is 4.18. The molecule has 1 aromatic rings. The Balaban J connectivity index is 2.44. The Bertz CT molecular complexity index is 308. The summed E-state index contributed by atoms with van der Waals surface area (Å²) in [6.45, 7) is 4.23. The van der Waals surface area contributed by atoms with Crippen molar-refractivity contribution in [3.05, 3.63) is 33.5 Å². The molecule has 0 spiro atoms. The summed E-state index contributed by atoms with van der Waals surface area (Å²) in [5.74, 6) is -0.0243. The zero-order valence-electron chi connectivity index (χ0n) is 7.05. The zero-order chi connectivity index (χ0) is 9.68. The van der Waals surface area contributed by atoms with Gasteiger partial charge < -0.3 is 5.32 Å². The van der Waals surface area contributed by atoms with Crippen LogP contribution >= 0.6 is 27.3 Å². The number of amides is 1. The van der Waals surface area contributed by atoms with Crippen molar-refractivity contribution in [1.82, 2.24) is 5.32 Å². The number of hydrogen-bond acceptors (Lipinski definition) is 2. The number of rotatable bonds is 4. The van der Waals surface area contributed by atoms with E-state index in [1.807, 2.05) is 11.4 Å². The van der Waals surface area contributed by atoms with Gasteiger partial charge in [-0.3, -0.25) is 4.79 Å². The van der Waals surface area contributed by atoms with Gasteiger partial charge in [-0.2, -0.15) is 0 Å². The van der Waals surface area contributed by atoms with Crippen LogP contribution < -0.4 is 5.32 Å². The molecule has 0 aliphatic rings. The van der Waals surface area contributed by atoms with Crippen molar-refractivity contribution in [1.29, 1.82) is 0 Å². The van der Waals surface area contributed by atoms with E-state index >= 15 is 0 Å². The largest absolute Gasteiger partial charge is 0.352 e. The van der Waals surface area contributed by atoms with E-state index in [1.165, 1.54) is 11.3 Å². The minimum absolute atomic E-state index is 0.0243. The molecule has 0 aromatic carbocycles. The van der Waals surface area contributed by atoms with Gasteiger partial charge in [0.25, 0.3) is 5.91 Å². The first-order valence-electron chi connectivity index (χ1n) is 3.87. The van der Waals surface area contributed by atoms with Gasteiger partial charge in [0.05, 0.1) is 9.35 Å². The van der Waals surface area contributed by atoms with Crippen LogP contribution in [-0.4, -0.2) is 12.5 Å². The lowest BCUT2D eigenvalue weighted by Gasteiger charge is -1.99. The molecule has 1 amide bonds. The molecule has 1 aromatic heterocycles. The van der Waals surface area contributed by atoms with E-state index in [9.17, 15) is 4.79 Å². The summed E-state index contributed by atoms with van der Waals surface area (Å²) in [6, 6.07) is 1.81. The second kappa shape index (κ2) is 5.19. The Morgan fingerprint density at radius 2 is 2.54 bits per heavy atom. The van der Waals surface area contributed by atoms with E-state index < -0.39 is 0 Å². The minimum atomic E-state index is -0.0243. The monoisotopic (exact) mass is 259 g/mol. The molecule has 4 heteroatoms. The van der Waals surface area contributed by atoms with Crippen LogP contribution in [0, 0.1) is 0 Å². The molecule has 0 atom stereocenters. The summed E-state index contributed by atoms with van der Waals surface area (Å²) in [5.41, 5.74) is 0.709. The van der Waals surface area contributed by atoms with Crippen LogP contribution in [0.5, 0.6) is 0 Å². The van der Waals surface area contributed by atoms with Crippen molar-refractivity contribution in [2.45, 2.75) is 6.42 Å². The van der Waals surface area contributed by atoms with Crippen LogP contribution in [-0.2, 0) is 0 Å². The normalized spacial score (nSPS) is 9.62. The second-order valence-corrected chi connectivity index (χ2v) is 4.76. The van der Waals surface area contributed by atoms with Gasteiger partial charge in [-0.15, -0.1) is 17.9 Å². The van der Waals surface area contributed by atoms with Gasteiger partial charge in [-0.05, 0) is 28.4 Å². The van der Waals surface area contributed by atoms with E-state index in [0.29, 0.717) is 12.1 Å². The number of nitrogens with one attached hydrogen (secondary N) is 1. The molecule has 0 fully saturated rings. The lowest BCUT2D eigenvalue weighted by molar-refractivity contribution is 0.0955. The molecule has 13 heavy (non-hydrogen) atoms. The highest BCUT2D eigenvalue weighted by Gasteiger charge is 2.05. The smallest absolute Gasteiger partial charge is 0.252 e. The molecule has 0 bridgehead atoms. The highest BCUT2D eigenvalue weighted by atomic mass is 79.9. The Labute approximate surface area is 89.8 Å². The molecular weight excluding hydrogens is 250 g/mol. The van der Waals surface area contributed by atoms with E-state index in [0.717, 1.165) is 10.2 Å². The number of carbonyl (C=O) groups excluding carboxylic acids is 1. The first-order valence-corrected chi connectivity index (χ1v) is 5.54. The zero-order valence-corrected chi connectivity index (χ0v) is 9.45. The lowest BCUT2D eigenvalue weighted by atomic mass is 10.3. The molecule has 1 N–H and O–H groups in total. The average molecular weight is 260 g/mol. The Morgan fingerprint density at radius 3 is 3.08 bits per heavy atom. The van der Waals surface area contributed by atoms with E-state index in [2.05, 4.69) is 27.8 Å². The van der Waals surface area contributed by atoms with Gasteiger partial charge >= 0.3 is 0 Å². The van der Waals surface area contributed by atoms with Crippen molar-refractivity contribution >= 4 is 33.2 Å². The molecule has 0 unspecified atom stereocenters. The molecular formula is C9H10BrNOS. The molecule has 2 nitrogen and oxygen atoms in total. The highest BCUT2D eigenvalue weighted by molar-refractivity contribution is 9.11. The first kappa shape index (κ1) is 10.5. The molecule has 0 radical (unpaired) electrons. The fourth-order valence-corrected chi connectivity index (χ4v) is 1.96. The van der Waals surface area contributed by atoms with Crippen molar-refractivity contribution in [2.24, 2.45) is 0 Å². The van der Waals surface area contributed by atoms with Crippen molar-refractivity contribution in [2.75, 3.05) is 6.54 Å². The molecule has 0 saturated heterocycles. The standard InChI is InChI=1S/C9H10BrNOS/c1-2-3-4-11-9(12)7-5-8(10)13-6-7/h2,5-6H,1,3-4H2,(H,11,12). The van der Waals surface area contributed by atoms with Crippen LogP contribution in [0.2, 0.25) is 0 Å². The van der Waals surface area contributed by atoms with Crippen molar-refractivity contribution in [3.8, 4) is 0 Å². The second-order valence-electron chi connectivity index (χ2n) is 2.47. The molecule has 1 heterocycles. The molecule has 0 aliphatic heterocycles. The third-order valence-electron chi connectivity index (χ3n) is 1.46. The van der Waals surface area contributed by atoms with Gasteiger partial charge in [0.1, 0.15) is 0 Å². The molecule has 0 saturated carbocycles. The van der Waals surface area contributed by atoms with Crippen molar-refractivity contribution in [3.63, 3.8) is 0 Å². The number of halogens is 1. The summed E-state index contributed by atoms with van der Waals surface area (Å²) >= 11 is 4.81. The fraction of sp³-hybridized carbons (Fsp3) is 0.222. The van der Waals surface area contributed by atoms with Gasteiger partial charge in [0.2, 0.25) is 0 Å². The van der Waals surface area contributed by atoms with Gasteiger partial charge in [-0.25, -0.2) is 0 Å². The summed E-state index contributed by atoms with van der Waals surface area (Å²) in [4.78, 5) is 11.4. The summed E-state index contributed by atoms with van der Waals surface area (Å²) in [6.07, 6.45) is 2.58. The number of thiophene rings is 1. The number of hydrogen-bond donors (Lipinski definition) is 1. The van der Waals surface area contributed by atoms with Gasteiger partial charge in [-0.1, -0.05) is 6.08 Å². The van der Waals surface area contributed by atoms with Crippen LogP contribution in [0.25, 0.3) is 0 Å². The number of carbonyl (C=O) groups is 1. The molecule has 70 valence electrons. The molecule has 0 aliphatic carbocycles. The predicted molar refractivity (Wildman–Crippen MR) is 59.2 cm³/mol. The van der Waals surface area contributed by atoms with E-state index in [4.69, 9.17) is 0 Å².